The fourth-order valence-corrected chi connectivity index (χ4v) is 3.07. The highest BCUT2D eigenvalue weighted by molar-refractivity contribution is 6.30. The molecule has 1 N–H and O–H groups in total. The van der Waals surface area contributed by atoms with Crippen LogP contribution >= 0.6 is 11.6 Å². The lowest BCUT2D eigenvalue weighted by molar-refractivity contribution is 0.457. The maximum atomic E-state index is 13.5. The van der Waals surface area contributed by atoms with Gasteiger partial charge in [0.1, 0.15) is 5.82 Å². The van der Waals surface area contributed by atoms with Crippen molar-refractivity contribution in [3.8, 4) is 0 Å². The van der Waals surface area contributed by atoms with Gasteiger partial charge in [0.2, 0.25) is 0 Å². The van der Waals surface area contributed by atoms with E-state index in [-0.39, 0.29) is 5.82 Å². The minimum Gasteiger partial charge on any atom is -0.312 e. The average molecular weight is 270 g/mol. The molecule has 0 spiro atoms. The van der Waals surface area contributed by atoms with Gasteiger partial charge in [0.25, 0.3) is 0 Å². The molecule has 0 unspecified atom stereocenters. The van der Waals surface area contributed by atoms with Gasteiger partial charge in [-0.25, -0.2) is 4.39 Å². The maximum Gasteiger partial charge on any atom is 0.127 e. The zero-order valence-corrected chi connectivity index (χ0v) is 12.2. The molecule has 100 valence electrons. The largest absolute Gasteiger partial charge is 0.312 e. The van der Waals surface area contributed by atoms with Crippen LogP contribution in [0.25, 0.3) is 0 Å². The molecule has 0 amide bonds. The minimum absolute atomic E-state index is 0.193. The highest BCUT2D eigenvalue weighted by Crippen LogP contribution is 2.67. The molecule has 0 heterocycles. The molecule has 2 rings (SSSR count). The monoisotopic (exact) mass is 269 g/mol. The smallest absolute Gasteiger partial charge is 0.127 e. The van der Waals surface area contributed by atoms with Gasteiger partial charge in [-0.3, -0.25) is 0 Å². The van der Waals surface area contributed by atoms with Crippen molar-refractivity contribution in [1.29, 1.82) is 0 Å². The van der Waals surface area contributed by atoms with Crippen molar-refractivity contribution < 1.29 is 4.39 Å². The Labute approximate surface area is 114 Å². The molecule has 0 aliphatic heterocycles. The third kappa shape index (κ3) is 2.28. The highest BCUT2D eigenvalue weighted by Gasteiger charge is 2.63. The molecule has 1 aliphatic rings. The van der Waals surface area contributed by atoms with Crippen molar-refractivity contribution in [3.63, 3.8) is 0 Å². The highest BCUT2D eigenvalue weighted by atomic mass is 35.5. The Kier molecular flexibility index (Phi) is 3.46. The number of halogens is 2. The lowest BCUT2D eigenvalue weighted by Gasteiger charge is -2.07. The summed E-state index contributed by atoms with van der Waals surface area (Å²) in [7, 11) is 0. The average Bonchev–Trinajstić information content (AvgIpc) is 2.65. The standard InChI is InChI=1S/C15H21ClFN/c1-14(2)13(15(14,3)4)9-18-8-10-7-11(16)5-6-12(10)17/h5-7,13,18H,8-9H2,1-4H3. The van der Waals surface area contributed by atoms with Gasteiger partial charge in [-0.1, -0.05) is 39.3 Å². The van der Waals surface area contributed by atoms with Crippen LogP contribution < -0.4 is 5.32 Å². The third-order valence-corrected chi connectivity index (χ3v) is 5.23. The lowest BCUT2D eigenvalue weighted by atomic mass is 10.0. The molecule has 1 fully saturated rings. The van der Waals surface area contributed by atoms with Gasteiger partial charge in [-0.05, 0) is 41.5 Å². The summed E-state index contributed by atoms with van der Waals surface area (Å²) >= 11 is 5.87. The summed E-state index contributed by atoms with van der Waals surface area (Å²) in [6.45, 7) is 10.6. The Balaban J connectivity index is 1.89. The number of hydrogen-bond acceptors (Lipinski definition) is 1. The van der Waals surface area contributed by atoms with Crippen molar-refractivity contribution in [2.75, 3.05) is 6.54 Å². The van der Waals surface area contributed by atoms with Crippen LogP contribution in [-0.2, 0) is 6.54 Å². The maximum absolute atomic E-state index is 13.5. The summed E-state index contributed by atoms with van der Waals surface area (Å²) < 4.78 is 13.5. The Morgan fingerprint density at radius 2 is 1.83 bits per heavy atom. The molecule has 3 heteroatoms. The number of rotatable bonds is 4. The normalized spacial score (nSPS) is 21.0. The molecule has 0 aromatic heterocycles. The van der Waals surface area contributed by atoms with E-state index in [9.17, 15) is 4.39 Å². The molecule has 0 bridgehead atoms. The quantitative estimate of drug-likeness (QED) is 0.862. The van der Waals surface area contributed by atoms with Crippen molar-refractivity contribution in [1.82, 2.24) is 5.32 Å². The Bertz CT molecular complexity index is 440. The number of nitrogens with one attached hydrogen (secondary N) is 1. The predicted octanol–water partition coefficient (Wildman–Crippen LogP) is 4.25. The minimum atomic E-state index is -0.193. The van der Waals surface area contributed by atoms with Gasteiger partial charge >= 0.3 is 0 Å². The molecule has 18 heavy (non-hydrogen) atoms. The van der Waals surface area contributed by atoms with Crippen molar-refractivity contribution in [2.45, 2.75) is 34.2 Å². The van der Waals surface area contributed by atoms with Crippen LogP contribution in [0.1, 0.15) is 33.3 Å². The summed E-state index contributed by atoms with van der Waals surface area (Å²) in [5, 5.41) is 3.93. The van der Waals surface area contributed by atoms with Gasteiger partial charge in [0.15, 0.2) is 0 Å². The van der Waals surface area contributed by atoms with Crippen LogP contribution in [0.5, 0.6) is 0 Å². The van der Waals surface area contributed by atoms with Crippen LogP contribution in [0.3, 0.4) is 0 Å². The van der Waals surface area contributed by atoms with E-state index in [4.69, 9.17) is 11.6 Å². The van der Waals surface area contributed by atoms with Gasteiger partial charge in [0, 0.05) is 17.1 Å². The summed E-state index contributed by atoms with van der Waals surface area (Å²) in [6, 6.07) is 4.69. The molecule has 1 aromatic rings. The van der Waals surface area contributed by atoms with Gasteiger partial charge in [0.05, 0.1) is 0 Å². The fraction of sp³-hybridized carbons (Fsp3) is 0.600. The molecular formula is C15H21ClFN. The van der Waals surface area contributed by atoms with Crippen molar-refractivity contribution in [3.05, 3.63) is 34.6 Å². The van der Waals surface area contributed by atoms with E-state index in [2.05, 4.69) is 33.0 Å². The van der Waals surface area contributed by atoms with E-state index >= 15 is 0 Å². The molecule has 0 saturated heterocycles. The summed E-state index contributed by atoms with van der Waals surface area (Å²) in [5.74, 6) is 0.452. The van der Waals surface area contributed by atoms with E-state index in [1.807, 2.05) is 0 Å². The van der Waals surface area contributed by atoms with Crippen LogP contribution in [0.15, 0.2) is 18.2 Å². The fourth-order valence-electron chi connectivity index (χ4n) is 2.87. The van der Waals surface area contributed by atoms with Crippen molar-refractivity contribution in [2.24, 2.45) is 16.7 Å². The predicted molar refractivity (Wildman–Crippen MR) is 74.2 cm³/mol. The molecule has 0 radical (unpaired) electrons. The topological polar surface area (TPSA) is 12.0 Å². The second kappa shape index (κ2) is 4.50. The SMILES string of the molecule is CC1(C)C(CNCc2cc(Cl)ccc2F)C1(C)C. The number of hydrogen-bond donors (Lipinski definition) is 1. The molecule has 1 aromatic carbocycles. The Morgan fingerprint density at radius 3 is 2.39 bits per heavy atom. The molecule has 1 aliphatic carbocycles. The van der Waals surface area contributed by atoms with E-state index in [0.717, 1.165) is 6.54 Å². The van der Waals surface area contributed by atoms with E-state index in [1.165, 1.54) is 6.07 Å². The van der Waals surface area contributed by atoms with Gasteiger partial charge < -0.3 is 5.32 Å². The molecular weight excluding hydrogens is 249 g/mol. The lowest BCUT2D eigenvalue weighted by Crippen LogP contribution is -2.19. The molecule has 1 nitrogen and oxygen atoms in total. The van der Waals surface area contributed by atoms with E-state index in [1.54, 1.807) is 12.1 Å². The third-order valence-electron chi connectivity index (χ3n) is 4.99. The Morgan fingerprint density at radius 1 is 1.22 bits per heavy atom. The zero-order chi connectivity index (χ0) is 13.6. The second-order valence-corrected chi connectivity index (χ2v) is 6.80. The van der Waals surface area contributed by atoms with E-state index < -0.39 is 0 Å². The van der Waals surface area contributed by atoms with Gasteiger partial charge in [-0.2, -0.15) is 0 Å². The first-order valence-electron chi connectivity index (χ1n) is 6.41. The molecule has 1 saturated carbocycles. The van der Waals surface area contributed by atoms with E-state index in [0.29, 0.717) is 33.9 Å². The first-order valence-corrected chi connectivity index (χ1v) is 6.79. The number of benzene rings is 1. The summed E-state index contributed by atoms with van der Waals surface area (Å²) in [5.41, 5.74) is 1.37. The van der Waals surface area contributed by atoms with Crippen LogP contribution in [-0.4, -0.2) is 6.54 Å². The second-order valence-electron chi connectivity index (χ2n) is 6.36. The Hall–Kier alpha value is -0.600. The van der Waals surface area contributed by atoms with Gasteiger partial charge in [-0.15, -0.1) is 0 Å². The first kappa shape index (κ1) is 13.8. The van der Waals surface area contributed by atoms with Crippen LogP contribution in [0.2, 0.25) is 5.02 Å². The molecule has 0 atom stereocenters. The zero-order valence-electron chi connectivity index (χ0n) is 11.5. The summed E-state index contributed by atoms with van der Waals surface area (Å²) in [4.78, 5) is 0. The summed E-state index contributed by atoms with van der Waals surface area (Å²) in [6.07, 6.45) is 0. The first-order chi connectivity index (χ1) is 8.26. The van der Waals surface area contributed by atoms with Crippen LogP contribution in [0, 0.1) is 22.6 Å². The van der Waals surface area contributed by atoms with Crippen molar-refractivity contribution >= 4 is 11.6 Å². The van der Waals surface area contributed by atoms with Crippen LogP contribution in [0.4, 0.5) is 4.39 Å².